The highest BCUT2D eigenvalue weighted by molar-refractivity contribution is 7.09. The van der Waals surface area contributed by atoms with E-state index < -0.39 is 0 Å². The molecule has 0 saturated carbocycles. The van der Waals surface area contributed by atoms with E-state index in [-0.39, 0.29) is 6.10 Å². The van der Waals surface area contributed by atoms with Crippen LogP contribution in [0.5, 0.6) is 11.5 Å². The second kappa shape index (κ2) is 9.69. The van der Waals surface area contributed by atoms with Crippen LogP contribution in [0.1, 0.15) is 23.3 Å². The standard InChI is InChI=1S/C22H24N4O3S/c1-15(14-27-2)29-17-11-18-19(13-21-24-8-10-30-21)25-26-22(18)20(12-17)28-9-6-16-5-3-4-7-23-16/h3-5,7-8,10-12,15H,6,9,13-14H2,1-2H3,(H,25,26)/t15-/m0/s1. The van der Waals surface area contributed by atoms with E-state index in [0.717, 1.165) is 33.0 Å². The van der Waals surface area contributed by atoms with E-state index in [1.807, 2.05) is 48.8 Å². The fourth-order valence-electron chi connectivity index (χ4n) is 3.23. The first-order valence-corrected chi connectivity index (χ1v) is 10.7. The number of aromatic amines is 1. The van der Waals surface area contributed by atoms with Crippen LogP contribution in [0.3, 0.4) is 0 Å². The van der Waals surface area contributed by atoms with Crippen LogP contribution in [0.25, 0.3) is 10.9 Å². The first-order chi connectivity index (χ1) is 14.7. The van der Waals surface area contributed by atoms with E-state index in [1.54, 1.807) is 24.6 Å². The topological polar surface area (TPSA) is 82.1 Å². The van der Waals surface area contributed by atoms with Crippen molar-refractivity contribution >= 4 is 22.2 Å². The molecule has 0 unspecified atom stereocenters. The minimum atomic E-state index is -0.0804. The quantitative estimate of drug-likeness (QED) is 0.414. The van der Waals surface area contributed by atoms with Gasteiger partial charge >= 0.3 is 0 Å². The number of benzene rings is 1. The van der Waals surface area contributed by atoms with Crippen LogP contribution >= 0.6 is 11.3 Å². The average Bonchev–Trinajstić information content (AvgIpc) is 3.40. The number of rotatable bonds is 10. The van der Waals surface area contributed by atoms with Crippen LogP contribution < -0.4 is 9.47 Å². The van der Waals surface area contributed by atoms with Gasteiger partial charge in [0, 0.05) is 54.9 Å². The second-order valence-corrected chi connectivity index (χ2v) is 7.90. The van der Waals surface area contributed by atoms with Gasteiger partial charge in [0.1, 0.15) is 17.4 Å². The Kier molecular flexibility index (Phi) is 6.56. The van der Waals surface area contributed by atoms with Crippen LogP contribution in [-0.2, 0) is 17.6 Å². The van der Waals surface area contributed by atoms with Gasteiger partial charge in [0.05, 0.1) is 23.9 Å². The minimum Gasteiger partial charge on any atom is -0.491 e. The molecule has 0 fully saturated rings. The van der Waals surface area contributed by atoms with Gasteiger partial charge in [0.2, 0.25) is 0 Å². The summed E-state index contributed by atoms with van der Waals surface area (Å²) in [5.41, 5.74) is 2.76. The molecule has 156 valence electrons. The molecule has 7 nitrogen and oxygen atoms in total. The molecule has 3 heterocycles. The predicted molar refractivity (Wildman–Crippen MR) is 116 cm³/mol. The maximum atomic E-state index is 6.11. The maximum Gasteiger partial charge on any atom is 0.151 e. The number of hydrogen-bond donors (Lipinski definition) is 1. The van der Waals surface area contributed by atoms with Crippen LogP contribution in [0.4, 0.5) is 0 Å². The zero-order chi connectivity index (χ0) is 20.8. The van der Waals surface area contributed by atoms with E-state index in [4.69, 9.17) is 14.2 Å². The summed E-state index contributed by atoms with van der Waals surface area (Å²) >= 11 is 1.62. The van der Waals surface area contributed by atoms with E-state index in [1.165, 1.54) is 0 Å². The third-order valence-corrected chi connectivity index (χ3v) is 5.35. The number of ether oxygens (including phenoxy) is 3. The smallest absolute Gasteiger partial charge is 0.151 e. The molecule has 1 N–H and O–H groups in total. The fraction of sp³-hybridized carbons (Fsp3) is 0.318. The van der Waals surface area contributed by atoms with Crippen molar-refractivity contribution in [2.45, 2.75) is 25.9 Å². The molecule has 8 heteroatoms. The summed E-state index contributed by atoms with van der Waals surface area (Å²) in [6.07, 6.45) is 4.91. The molecule has 3 aromatic heterocycles. The van der Waals surface area contributed by atoms with Gasteiger partial charge in [-0.25, -0.2) is 4.98 Å². The second-order valence-electron chi connectivity index (χ2n) is 6.93. The third-order valence-electron chi connectivity index (χ3n) is 4.57. The SMILES string of the molecule is COC[C@H](C)Oc1cc(OCCc2ccccn2)c2n[nH]c(Cc3nccs3)c2c1. The van der Waals surface area contributed by atoms with E-state index >= 15 is 0 Å². The van der Waals surface area contributed by atoms with E-state index in [9.17, 15) is 0 Å². The summed E-state index contributed by atoms with van der Waals surface area (Å²) in [5.74, 6) is 1.41. The van der Waals surface area contributed by atoms with Gasteiger partial charge in [-0.15, -0.1) is 11.3 Å². The molecule has 0 aliphatic carbocycles. The van der Waals surface area contributed by atoms with E-state index in [2.05, 4.69) is 20.2 Å². The molecule has 0 saturated heterocycles. The summed E-state index contributed by atoms with van der Waals surface area (Å²) in [6.45, 7) is 2.98. The molecular formula is C22H24N4O3S. The number of nitrogens with zero attached hydrogens (tertiary/aromatic N) is 3. The van der Waals surface area contributed by atoms with Crippen molar-refractivity contribution in [3.63, 3.8) is 0 Å². The van der Waals surface area contributed by atoms with Crippen molar-refractivity contribution < 1.29 is 14.2 Å². The number of fused-ring (bicyclic) bond motifs is 1. The summed E-state index contributed by atoms with van der Waals surface area (Å²) < 4.78 is 17.4. The monoisotopic (exact) mass is 424 g/mol. The fourth-order valence-corrected chi connectivity index (χ4v) is 3.86. The number of nitrogens with one attached hydrogen (secondary N) is 1. The van der Waals surface area contributed by atoms with Crippen LogP contribution in [-0.4, -0.2) is 46.6 Å². The highest BCUT2D eigenvalue weighted by Crippen LogP contribution is 2.33. The Labute approximate surface area is 179 Å². The number of thiazole rings is 1. The van der Waals surface area contributed by atoms with Crippen LogP contribution in [0.15, 0.2) is 48.1 Å². The van der Waals surface area contributed by atoms with Crippen molar-refractivity contribution in [2.24, 2.45) is 0 Å². The number of pyridine rings is 1. The number of aromatic nitrogens is 4. The van der Waals surface area contributed by atoms with Crippen molar-refractivity contribution in [2.75, 3.05) is 20.3 Å². The number of hydrogen-bond acceptors (Lipinski definition) is 7. The molecule has 0 spiro atoms. The summed E-state index contributed by atoms with van der Waals surface area (Å²) in [5, 5.41) is 11.6. The predicted octanol–water partition coefficient (Wildman–Crippen LogP) is 4.04. The zero-order valence-corrected chi connectivity index (χ0v) is 17.8. The Morgan fingerprint density at radius 1 is 1.17 bits per heavy atom. The lowest BCUT2D eigenvalue weighted by atomic mass is 10.1. The van der Waals surface area contributed by atoms with Gasteiger partial charge in [-0.2, -0.15) is 5.10 Å². The molecule has 1 aromatic carbocycles. The Hall–Kier alpha value is -2.97. The van der Waals surface area contributed by atoms with Gasteiger partial charge in [-0.3, -0.25) is 10.1 Å². The molecule has 30 heavy (non-hydrogen) atoms. The zero-order valence-electron chi connectivity index (χ0n) is 17.0. The molecule has 4 rings (SSSR count). The van der Waals surface area contributed by atoms with Crippen molar-refractivity contribution in [1.29, 1.82) is 0 Å². The third kappa shape index (κ3) is 4.95. The number of methoxy groups -OCH3 is 1. The summed E-state index contributed by atoms with van der Waals surface area (Å²) in [7, 11) is 1.66. The van der Waals surface area contributed by atoms with Gasteiger partial charge in [-0.1, -0.05) is 6.07 Å². The Morgan fingerprint density at radius 3 is 2.87 bits per heavy atom. The molecule has 1 atom stereocenters. The van der Waals surface area contributed by atoms with Gasteiger partial charge in [0.25, 0.3) is 0 Å². The number of H-pyrrole nitrogens is 1. The van der Waals surface area contributed by atoms with Gasteiger partial charge in [0.15, 0.2) is 5.75 Å². The van der Waals surface area contributed by atoms with E-state index in [0.29, 0.717) is 31.8 Å². The molecular weight excluding hydrogens is 400 g/mol. The highest BCUT2D eigenvalue weighted by atomic mass is 32.1. The Bertz CT molecular complexity index is 1070. The normalized spacial score (nSPS) is 12.2. The lowest BCUT2D eigenvalue weighted by molar-refractivity contribution is 0.0920. The Morgan fingerprint density at radius 2 is 2.10 bits per heavy atom. The first kappa shape index (κ1) is 20.3. The van der Waals surface area contributed by atoms with Gasteiger partial charge in [-0.05, 0) is 25.1 Å². The summed E-state index contributed by atoms with van der Waals surface area (Å²) in [4.78, 5) is 8.73. The Balaban J connectivity index is 1.60. The summed E-state index contributed by atoms with van der Waals surface area (Å²) in [6, 6.07) is 9.76. The largest absolute Gasteiger partial charge is 0.491 e. The molecule has 0 aliphatic rings. The highest BCUT2D eigenvalue weighted by Gasteiger charge is 2.16. The minimum absolute atomic E-state index is 0.0804. The van der Waals surface area contributed by atoms with Gasteiger partial charge < -0.3 is 14.2 Å². The molecule has 0 bridgehead atoms. The maximum absolute atomic E-state index is 6.11. The lowest BCUT2D eigenvalue weighted by Gasteiger charge is -2.15. The lowest BCUT2D eigenvalue weighted by Crippen LogP contribution is -2.18. The molecule has 0 amide bonds. The van der Waals surface area contributed by atoms with Crippen molar-refractivity contribution in [1.82, 2.24) is 20.2 Å². The average molecular weight is 425 g/mol. The molecule has 0 radical (unpaired) electrons. The first-order valence-electron chi connectivity index (χ1n) is 9.80. The molecule has 0 aliphatic heterocycles. The van der Waals surface area contributed by atoms with Crippen LogP contribution in [0.2, 0.25) is 0 Å². The van der Waals surface area contributed by atoms with Crippen molar-refractivity contribution in [3.05, 3.63) is 64.5 Å². The van der Waals surface area contributed by atoms with Crippen molar-refractivity contribution in [3.8, 4) is 11.5 Å². The van der Waals surface area contributed by atoms with Crippen LogP contribution in [0, 0.1) is 0 Å². The molecule has 4 aromatic rings.